The Hall–Kier alpha value is -0.780. The van der Waals surface area contributed by atoms with Crippen LogP contribution in [0.1, 0.15) is 12.0 Å². The van der Waals surface area contributed by atoms with Gasteiger partial charge in [-0.05, 0) is 30.7 Å². The number of rotatable bonds is 2. The Kier molecular flexibility index (Phi) is 3.58. The second kappa shape index (κ2) is 4.72. The average Bonchev–Trinajstić information content (AvgIpc) is 2.60. The summed E-state index contributed by atoms with van der Waals surface area (Å²) in [4.78, 5) is 13.3. The first-order chi connectivity index (χ1) is 8.29. The van der Waals surface area contributed by atoms with Crippen molar-refractivity contribution in [1.82, 2.24) is 0 Å². The van der Waals surface area contributed by atoms with Gasteiger partial charge in [0.25, 0.3) is 0 Å². The molecule has 1 saturated heterocycles. The number of carbonyl (C=O) groups excluding carboxylic acids is 1. The maximum Gasteiger partial charge on any atom is 0.237 e. The summed E-state index contributed by atoms with van der Waals surface area (Å²) in [6, 6.07) is 5.10. The Balaban J connectivity index is 2.33. The first-order valence-corrected chi connectivity index (χ1v) is 8.04. The molecule has 4 nitrogen and oxygen atoms in total. The zero-order valence-corrected chi connectivity index (χ0v) is 11.9. The predicted molar refractivity (Wildman–Crippen MR) is 71.7 cm³/mol. The minimum absolute atomic E-state index is 0.0755. The number of nitrogens with zero attached hydrogens (tertiary/aromatic N) is 1. The summed E-state index contributed by atoms with van der Waals surface area (Å²) in [5.74, 6) is -0.241. The molecule has 1 aromatic carbocycles. The van der Waals surface area contributed by atoms with E-state index in [9.17, 15) is 13.2 Å². The topological polar surface area (TPSA) is 54.5 Å². The van der Waals surface area contributed by atoms with E-state index in [0.29, 0.717) is 10.7 Å². The Morgan fingerprint density at radius 2 is 2.06 bits per heavy atom. The van der Waals surface area contributed by atoms with Crippen molar-refractivity contribution in [3.8, 4) is 0 Å². The Morgan fingerprint density at radius 3 is 2.56 bits per heavy atom. The van der Waals surface area contributed by atoms with Crippen LogP contribution in [0.5, 0.6) is 0 Å². The van der Waals surface area contributed by atoms with Crippen LogP contribution in [0, 0.1) is 6.92 Å². The molecule has 0 aliphatic carbocycles. The maximum atomic E-state index is 11.8. The van der Waals surface area contributed by atoms with Crippen LogP contribution in [0.25, 0.3) is 0 Å². The lowest BCUT2D eigenvalue weighted by atomic mass is 10.2. The maximum absolute atomic E-state index is 11.8. The van der Waals surface area contributed by atoms with Crippen LogP contribution in [-0.2, 0) is 13.8 Å². The predicted octanol–water partition coefficient (Wildman–Crippen LogP) is 2.32. The number of hydrogen-bond donors (Lipinski definition) is 0. The fourth-order valence-electron chi connectivity index (χ4n) is 2.02. The fraction of sp³-hybridized carbons (Fsp3) is 0.364. The van der Waals surface area contributed by atoms with E-state index in [0.717, 1.165) is 5.56 Å². The second-order valence-corrected chi connectivity index (χ2v) is 7.58. The van der Waals surface area contributed by atoms with Crippen molar-refractivity contribution in [2.75, 3.05) is 11.4 Å². The van der Waals surface area contributed by atoms with E-state index in [2.05, 4.69) is 0 Å². The number of aryl methyl sites for hydroxylation is 1. The van der Waals surface area contributed by atoms with Gasteiger partial charge in [-0.15, -0.1) is 0 Å². The number of halogens is 2. The highest BCUT2D eigenvalue weighted by Gasteiger charge is 2.38. The first-order valence-electron chi connectivity index (χ1n) is 5.29. The van der Waals surface area contributed by atoms with Gasteiger partial charge in [0, 0.05) is 34.4 Å². The van der Waals surface area contributed by atoms with Crippen LogP contribution >= 0.6 is 22.3 Å². The smallest absolute Gasteiger partial charge is 0.237 e. The van der Waals surface area contributed by atoms with Gasteiger partial charge in [0.15, 0.2) is 0 Å². The summed E-state index contributed by atoms with van der Waals surface area (Å²) < 4.78 is 22.5. The molecule has 0 saturated carbocycles. The molecule has 1 unspecified atom stereocenters. The van der Waals surface area contributed by atoms with Crippen molar-refractivity contribution in [1.29, 1.82) is 0 Å². The Labute approximate surface area is 115 Å². The largest absolute Gasteiger partial charge is 0.311 e. The molecule has 1 aliphatic heterocycles. The highest BCUT2D eigenvalue weighted by atomic mass is 35.7. The Morgan fingerprint density at radius 1 is 1.39 bits per heavy atom. The SMILES string of the molecule is Cc1cc(Cl)ccc1N1CC(S(=O)(=O)Cl)CC1=O. The molecule has 1 aromatic rings. The molecular weight excluding hydrogens is 297 g/mol. The summed E-state index contributed by atoms with van der Waals surface area (Å²) in [5.41, 5.74) is 1.50. The normalized spacial score (nSPS) is 20.5. The molecule has 0 spiro atoms. The minimum Gasteiger partial charge on any atom is -0.311 e. The average molecular weight is 308 g/mol. The number of hydrogen-bond acceptors (Lipinski definition) is 3. The molecule has 7 heteroatoms. The quantitative estimate of drug-likeness (QED) is 0.788. The summed E-state index contributed by atoms with van der Waals surface area (Å²) in [6.07, 6.45) is -0.0755. The lowest BCUT2D eigenvalue weighted by Gasteiger charge is -2.18. The van der Waals surface area contributed by atoms with E-state index in [1.54, 1.807) is 18.2 Å². The van der Waals surface area contributed by atoms with Gasteiger partial charge in [-0.25, -0.2) is 8.42 Å². The molecule has 1 amide bonds. The molecule has 0 radical (unpaired) electrons. The third-order valence-corrected chi connectivity index (χ3v) is 5.04. The van der Waals surface area contributed by atoms with Crippen LogP contribution in [0.2, 0.25) is 5.02 Å². The van der Waals surface area contributed by atoms with Gasteiger partial charge >= 0.3 is 0 Å². The van der Waals surface area contributed by atoms with Gasteiger partial charge in [0.1, 0.15) is 5.25 Å². The van der Waals surface area contributed by atoms with Gasteiger partial charge in [0.05, 0.1) is 0 Å². The molecule has 1 fully saturated rings. The zero-order chi connectivity index (χ0) is 13.5. The molecule has 0 N–H and O–H groups in total. The second-order valence-electron chi connectivity index (χ2n) is 4.24. The number of amides is 1. The van der Waals surface area contributed by atoms with Crippen LogP contribution < -0.4 is 4.90 Å². The molecule has 98 valence electrons. The van der Waals surface area contributed by atoms with Crippen LogP contribution in [0.4, 0.5) is 5.69 Å². The molecular formula is C11H11Cl2NO3S. The van der Waals surface area contributed by atoms with Gasteiger partial charge < -0.3 is 4.90 Å². The third kappa shape index (κ3) is 2.63. The minimum atomic E-state index is -3.71. The van der Waals surface area contributed by atoms with E-state index >= 15 is 0 Å². The van der Waals surface area contributed by atoms with Crippen molar-refractivity contribution in [2.45, 2.75) is 18.6 Å². The van der Waals surface area contributed by atoms with Gasteiger partial charge in [0.2, 0.25) is 15.0 Å². The highest BCUT2D eigenvalue weighted by Crippen LogP contribution is 2.30. The van der Waals surface area contributed by atoms with Gasteiger partial charge in [-0.1, -0.05) is 11.6 Å². The van der Waals surface area contributed by atoms with E-state index in [1.165, 1.54) is 4.90 Å². The molecule has 1 heterocycles. The standard InChI is InChI=1S/C11H11Cl2NO3S/c1-7-4-8(12)2-3-10(7)14-6-9(5-11(14)15)18(13,16)17/h2-4,9H,5-6H2,1H3. The van der Waals surface area contributed by atoms with E-state index in [-0.39, 0.29) is 18.9 Å². The zero-order valence-electron chi connectivity index (χ0n) is 9.56. The fourth-order valence-corrected chi connectivity index (χ4v) is 3.27. The molecule has 1 atom stereocenters. The van der Waals surface area contributed by atoms with Crippen LogP contribution in [-0.4, -0.2) is 26.1 Å². The molecule has 1 aliphatic rings. The van der Waals surface area contributed by atoms with Crippen molar-refractivity contribution in [2.24, 2.45) is 0 Å². The van der Waals surface area contributed by atoms with E-state index < -0.39 is 14.3 Å². The lowest BCUT2D eigenvalue weighted by Crippen LogP contribution is -2.27. The van der Waals surface area contributed by atoms with Crippen molar-refractivity contribution < 1.29 is 13.2 Å². The monoisotopic (exact) mass is 307 g/mol. The molecule has 18 heavy (non-hydrogen) atoms. The lowest BCUT2D eigenvalue weighted by molar-refractivity contribution is -0.117. The summed E-state index contributed by atoms with van der Waals surface area (Å²) >= 11 is 5.84. The summed E-state index contributed by atoms with van der Waals surface area (Å²) in [5, 5.41) is -0.272. The van der Waals surface area contributed by atoms with Crippen molar-refractivity contribution >= 4 is 42.9 Å². The number of anilines is 1. The van der Waals surface area contributed by atoms with Crippen LogP contribution in [0.3, 0.4) is 0 Å². The molecule has 0 aromatic heterocycles. The van der Waals surface area contributed by atoms with E-state index in [4.69, 9.17) is 22.3 Å². The summed E-state index contributed by atoms with van der Waals surface area (Å²) in [6.45, 7) is 1.91. The van der Waals surface area contributed by atoms with Gasteiger partial charge in [-0.3, -0.25) is 4.79 Å². The number of benzene rings is 1. The van der Waals surface area contributed by atoms with Crippen molar-refractivity contribution in [3.05, 3.63) is 28.8 Å². The van der Waals surface area contributed by atoms with Crippen molar-refractivity contribution in [3.63, 3.8) is 0 Å². The van der Waals surface area contributed by atoms with Gasteiger partial charge in [-0.2, -0.15) is 0 Å². The molecule has 2 rings (SSSR count). The first kappa shape index (κ1) is 13.6. The molecule has 0 bridgehead atoms. The highest BCUT2D eigenvalue weighted by molar-refractivity contribution is 8.14. The van der Waals surface area contributed by atoms with E-state index in [1.807, 2.05) is 6.92 Å². The van der Waals surface area contributed by atoms with Crippen LogP contribution in [0.15, 0.2) is 18.2 Å². The number of carbonyl (C=O) groups is 1. The Bertz CT molecular complexity index is 600. The third-order valence-electron chi connectivity index (χ3n) is 2.94. The summed E-state index contributed by atoms with van der Waals surface area (Å²) in [7, 11) is 1.58.